The van der Waals surface area contributed by atoms with Gasteiger partial charge < -0.3 is 14.5 Å². The standard InChI is InChI=1S/C13H16N2O2/c1-3-16-13-8-4-7-12(15-13)14-10(2)11-6-5-9-17-11/h4-10H,3H2,1-2H3,(H,14,15). The molecule has 0 fully saturated rings. The van der Waals surface area contributed by atoms with Gasteiger partial charge in [-0.05, 0) is 32.0 Å². The zero-order valence-electron chi connectivity index (χ0n) is 10.0. The van der Waals surface area contributed by atoms with Crippen LogP contribution in [-0.4, -0.2) is 11.6 Å². The normalized spacial score (nSPS) is 12.1. The van der Waals surface area contributed by atoms with E-state index in [9.17, 15) is 0 Å². The van der Waals surface area contributed by atoms with Gasteiger partial charge in [0.2, 0.25) is 5.88 Å². The molecule has 0 radical (unpaired) electrons. The minimum Gasteiger partial charge on any atom is -0.478 e. The lowest BCUT2D eigenvalue weighted by atomic mass is 10.2. The average molecular weight is 232 g/mol. The summed E-state index contributed by atoms with van der Waals surface area (Å²) in [5.74, 6) is 2.29. The van der Waals surface area contributed by atoms with E-state index in [1.165, 1.54) is 0 Å². The number of hydrogen-bond acceptors (Lipinski definition) is 4. The first-order valence-corrected chi connectivity index (χ1v) is 5.69. The number of nitrogens with one attached hydrogen (secondary N) is 1. The number of ether oxygens (including phenoxy) is 1. The Morgan fingerprint density at radius 1 is 1.35 bits per heavy atom. The van der Waals surface area contributed by atoms with Crippen LogP contribution in [0, 0.1) is 0 Å². The predicted molar refractivity (Wildman–Crippen MR) is 66.2 cm³/mol. The molecule has 0 aromatic carbocycles. The van der Waals surface area contributed by atoms with Crippen LogP contribution in [0.15, 0.2) is 41.0 Å². The van der Waals surface area contributed by atoms with Crippen molar-refractivity contribution in [1.29, 1.82) is 0 Å². The largest absolute Gasteiger partial charge is 0.478 e. The minimum absolute atomic E-state index is 0.0781. The lowest BCUT2D eigenvalue weighted by Gasteiger charge is -2.12. The van der Waals surface area contributed by atoms with Crippen LogP contribution in [0.4, 0.5) is 5.82 Å². The highest BCUT2D eigenvalue weighted by molar-refractivity contribution is 5.38. The SMILES string of the molecule is CCOc1cccc(NC(C)c2ccco2)n1. The Labute approximate surface area is 101 Å². The van der Waals surface area contributed by atoms with E-state index in [1.807, 2.05) is 44.2 Å². The zero-order chi connectivity index (χ0) is 12.1. The fraction of sp³-hybridized carbons (Fsp3) is 0.308. The lowest BCUT2D eigenvalue weighted by Crippen LogP contribution is -2.07. The van der Waals surface area contributed by atoms with Gasteiger partial charge in [0.1, 0.15) is 11.6 Å². The quantitative estimate of drug-likeness (QED) is 0.859. The maximum absolute atomic E-state index is 5.34. The first kappa shape index (κ1) is 11.5. The van der Waals surface area contributed by atoms with Crippen LogP contribution >= 0.6 is 0 Å². The van der Waals surface area contributed by atoms with Gasteiger partial charge in [-0.25, -0.2) is 0 Å². The molecular formula is C13H16N2O2. The third-order valence-corrected chi connectivity index (χ3v) is 2.35. The fourth-order valence-electron chi connectivity index (χ4n) is 1.55. The van der Waals surface area contributed by atoms with Gasteiger partial charge in [0, 0.05) is 6.07 Å². The predicted octanol–water partition coefficient (Wildman–Crippen LogP) is 3.25. The molecule has 4 heteroatoms. The Balaban J connectivity index is 2.05. The maximum atomic E-state index is 5.34. The first-order valence-electron chi connectivity index (χ1n) is 5.69. The number of rotatable bonds is 5. The summed E-state index contributed by atoms with van der Waals surface area (Å²) >= 11 is 0. The third kappa shape index (κ3) is 3.00. The number of aromatic nitrogens is 1. The molecule has 0 amide bonds. The molecule has 2 aromatic rings. The highest BCUT2D eigenvalue weighted by Crippen LogP contribution is 2.19. The van der Waals surface area contributed by atoms with Crippen molar-refractivity contribution in [3.63, 3.8) is 0 Å². The minimum atomic E-state index is 0.0781. The van der Waals surface area contributed by atoms with E-state index < -0.39 is 0 Å². The van der Waals surface area contributed by atoms with Crippen LogP contribution in [0.3, 0.4) is 0 Å². The topological polar surface area (TPSA) is 47.3 Å². The number of nitrogens with zero attached hydrogens (tertiary/aromatic N) is 1. The van der Waals surface area contributed by atoms with Crippen molar-refractivity contribution in [2.45, 2.75) is 19.9 Å². The molecular weight excluding hydrogens is 216 g/mol. The number of anilines is 1. The Morgan fingerprint density at radius 3 is 2.94 bits per heavy atom. The van der Waals surface area contributed by atoms with E-state index in [-0.39, 0.29) is 6.04 Å². The van der Waals surface area contributed by atoms with Crippen LogP contribution in [0.5, 0.6) is 5.88 Å². The van der Waals surface area contributed by atoms with Gasteiger partial charge >= 0.3 is 0 Å². The molecule has 0 saturated carbocycles. The molecule has 2 heterocycles. The molecule has 0 aliphatic carbocycles. The number of furan rings is 1. The fourth-order valence-corrected chi connectivity index (χ4v) is 1.55. The van der Waals surface area contributed by atoms with Crippen LogP contribution in [-0.2, 0) is 0 Å². The number of pyridine rings is 1. The summed E-state index contributed by atoms with van der Waals surface area (Å²) in [7, 11) is 0. The van der Waals surface area contributed by atoms with Gasteiger partial charge in [-0.2, -0.15) is 4.98 Å². The van der Waals surface area contributed by atoms with Crippen LogP contribution in [0.2, 0.25) is 0 Å². The molecule has 17 heavy (non-hydrogen) atoms. The van der Waals surface area contributed by atoms with E-state index >= 15 is 0 Å². The summed E-state index contributed by atoms with van der Waals surface area (Å²) in [6.45, 7) is 4.57. The second-order valence-corrected chi connectivity index (χ2v) is 3.68. The highest BCUT2D eigenvalue weighted by Gasteiger charge is 2.08. The molecule has 1 unspecified atom stereocenters. The van der Waals surface area contributed by atoms with Gasteiger partial charge in [-0.1, -0.05) is 6.07 Å². The van der Waals surface area contributed by atoms with Gasteiger partial charge in [-0.3, -0.25) is 0 Å². The third-order valence-electron chi connectivity index (χ3n) is 2.35. The van der Waals surface area contributed by atoms with E-state index in [2.05, 4.69) is 10.3 Å². The van der Waals surface area contributed by atoms with E-state index in [1.54, 1.807) is 6.26 Å². The van der Waals surface area contributed by atoms with Gasteiger partial charge in [-0.15, -0.1) is 0 Å². The molecule has 0 aliphatic rings. The van der Waals surface area contributed by atoms with Crippen molar-refractivity contribution in [3.8, 4) is 5.88 Å². The summed E-state index contributed by atoms with van der Waals surface area (Å²) in [5, 5.41) is 3.26. The molecule has 0 bridgehead atoms. The molecule has 90 valence electrons. The Morgan fingerprint density at radius 2 is 2.24 bits per heavy atom. The molecule has 4 nitrogen and oxygen atoms in total. The molecule has 0 saturated heterocycles. The first-order chi connectivity index (χ1) is 8.29. The molecule has 1 N–H and O–H groups in total. The summed E-state index contributed by atoms with van der Waals surface area (Å²) in [6, 6.07) is 9.54. The van der Waals surface area contributed by atoms with Crippen LogP contribution in [0.25, 0.3) is 0 Å². The lowest BCUT2D eigenvalue weighted by molar-refractivity contribution is 0.327. The summed E-state index contributed by atoms with van der Waals surface area (Å²) in [6.07, 6.45) is 1.66. The van der Waals surface area contributed by atoms with Crippen molar-refractivity contribution in [2.75, 3.05) is 11.9 Å². The van der Waals surface area contributed by atoms with Crippen molar-refractivity contribution in [3.05, 3.63) is 42.4 Å². The molecule has 1 atom stereocenters. The monoisotopic (exact) mass is 232 g/mol. The average Bonchev–Trinajstić information content (AvgIpc) is 2.83. The molecule has 2 rings (SSSR count). The van der Waals surface area contributed by atoms with Gasteiger partial charge in [0.05, 0.1) is 18.9 Å². The van der Waals surface area contributed by atoms with Crippen molar-refractivity contribution in [2.24, 2.45) is 0 Å². The van der Waals surface area contributed by atoms with Crippen molar-refractivity contribution >= 4 is 5.82 Å². The van der Waals surface area contributed by atoms with Crippen LogP contribution < -0.4 is 10.1 Å². The second kappa shape index (κ2) is 5.39. The highest BCUT2D eigenvalue weighted by atomic mass is 16.5. The Kier molecular flexibility index (Phi) is 3.65. The van der Waals surface area contributed by atoms with Crippen molar-refractivity contribution in [1.82, 2.24) is 4.98 Å². The summed E-state index contributed by atoms with van der Waals surface area (Å²) in [5.41, 5.74) is 0. The second-order valence-electron chi connectivity index (χ2n) is 3.68. The Hall–Kier alpha value is -1.97. The Bertz CT molecular complexity index is 454. The number of hydrogen-bond donors (Lipinski definition) is 1. The summed E-state index contributed by atoms with van der Waals surface area (Å²) < 4.78 is 10.7. The molecule has 0 spiro atoms. The zero-order valence-corrected chi connectivity index (χ0v) is 10.0. The van der Waals surface area contributed by atoms with Crippen molar-refractivity contribution < 1.29 is 9.15 Å². The van der Waals surface area contributed by atoms with E-state index in [0.717, 1.165) is 11.6 Å². The summed E-state index contributed by atoms with van der Waals surface area (Å²) in [4.78, 5) is 4.34. The van der Waals surface area contributed by atoms with E-state index in [4.69, 9.17) is 9.15 Å². The van der Waals surface area contributed by atoms with Gasteiger partial charge in [0.15, 0.2) is 0 Å². The van der Waals surface area contributed by atoms with Crippen LogP contribution in [0.1, 0.15) is 25.6 Å². The van der Waals surface area contributed by atoms with E-state index in [0.29, 0.717) is 12.5 Å². The molecule has 0 aliphatic heterocycles. The van der Waals surface area contributed by atoms with Gasteiger partial charge in [0.25, 0.3) is 0 Å². The maximum Gasteiger partial charge on any atom is 0.215 e. The molecule has 2 aromatic heterocycles. The smallest absolute Gasteiger partial charge is 0.215 e.